The van der Waals surface area contributed by atoms with Crippen LogP contribution >= 0.6 is 0 Å². The summed E-state index contributed by atoms with van der Waals surface area (Å²) in [4.78, 5) is 13.9. The van der Waals surface area contributed by atoms with Crippen LogP contribution in [0.2, 0.25) is 0 Å². The number of aliphatic hydroxyl groups excluding tert-OH is 2. The van der Waals surface area contributed by atoms with E-state index in [1.165, 1.54) is 18.2 Å². The molecule has 7 heteroatoms. The number of halogens is 1. The molecule has 31 heavy (non-hydrogen) atoms. The van der Waals surface area contributed by atoms with Crippen LogP contribution in [0.25, 0.3) is 28.1 Å². The second-order valence-electron chi connectivity index (χ2n) is 7.74. The number of nitrogens with one attached hydrogen (secondary N) is 1. The molecule has 0 fully saturated rings. The first-order valence-corrected chi connectivity index (χ1v) is 9.91. The molecule has 3 aromatic rings. The van der Waals surface area contributed by atoms with Gasteiger partial charge >= 0.3 is 29.6 Å². The first-order valence-electron chi connectivity index (χ1n) is 9.91. The minimum atomic E-state index is -1.37. The van der Waals surface area contributed by atoms with Crippen molar-refractivity contribution in [1.82, 2.24) is 4.98 Å². The zero-order valence-electron chi connectivity index (χ0n) is 17.9. The standard InChI is InChI=1S/C24H26FNO4.Na/c1-14(2)19-4-3-5-20-24(19)23(15-6-8-16(25)9-7-15)21(26-20)11-10-17(27)12-18(28)13-22(29)30;/h3-11,14,17-18,26-28H,12-13H2,1-2H3,(H,29,30);/q;+1/p-1. The van der Waals surface area contributed by atoms with Crippen molar-refractivity contribution in [3.63, 3.8) is 0 Å². The van der Waals surface area contributed by atoms with Gasteiger partial charge in [0.25, 0.3) is 0 Å². The van der Waals surface area contributed by atoms with Crippen molar-refractivity contribution in [3.8, 4) is 11.1 Å². The third-order valence-corrected chi connectivity index (χ3v) is 5.04. The molecule has 2 unspecified atom stereocenters. The van der Waals surface area contributed by atoms with Crippen molar-refractivity contribution in [2.24, 2.45) is 0 Å². The fourth-order valence-corrected chi connectivity index (χ4v) is 3.66. The molecule has 2 atom stereocenters. The monoisotopic (exact) mass is 433 g/mol. The molecular formula is C24H25FNNaO4. The number of carboxylic acid groups (broad SMARTS) is 1. The quantitative estimate of drug-likeness (QED) is 0.447. The van der Waals surface area contributed by atoms with Gasteiger partial charge in [-0.1, -0.05) is 44.2 Å². The predicted octanol–water partition coefficient (Wildman–Crippen LogP) is 0.366. The summed E-state index contributed by atoms with van der Waals surface area (Å²) in [7, 11) is 0. The van der Waals surface area contributed by atoms with Crippen LogP contribution < -0.4 is 34.7 Å². The van der Waals surface area contributed by atoms with Crippen molar-refractivity contribution in [2.45, 2.75) is 44.8 Å². The number of fused-ring (bicyclic) bond motifs is 1. The predicted molar refractivity (Wildman–Crippen MR) is 113 cm³/mol. The third kappa shape index (κ3) is 6.28. The zero-order chi connectivity index (χ0) is 21.8. The Kier molecular flexibility index (Phi) is 9.03. The smallest absolute Gasteiger partial charge is 0.550 e. The average molecular weight is 433 g/mol. The van der Waals surface area contributed by atoms with E-state index in [2.05, 4.69) is 24.9 Å². The Morgan fingerprint density at radius 1 is 1.16 bits per heavy atom. The number of rotatable bonds is 8. The van der Waals surface area contributed by atoms with Gasteiger partial charge in [0.2, 0.25) is 0 Å². The van der Waals surface area contributed by atoms with Crippen molar-refractivity contribution < 1.29 is 54.1 Å². The first-order chi connectivity index (χ1) is 14.3. The van der Waals surface area contributed by atoms with Crippen LogP contribution in [-0.4, -0.2) is 33.4 Å². The van der Waals surface area contributed by atoms with Crippen LogP contribution in [-0.2, 0) is 4.79 Å². The van der Waals surface area contributed by atoms with Crippen LogP contribution in [0.3, 0.4) is 0 Å². The minimum absolute atomic E-state index is 0. The molecule has 158 valence electrons. The molecule has 5 nitrogen and oxygen atoms in total. The van der Waals surface area contributed by atoms with Gasteiger partial charge in [0.05, 0.1) is 12.2 Å². The van der Waals surface area contributed by atoms with Gasteiger partial charge in [0.15, 0.2) is 0 Å². The summed E-state index contributed by atoms with van der Waals surface area (Å²) in [5, 5.41) is 31.5. The number of carboxylic acids is 1. The molecule has 3 rings (SSSR count). The number of hydrogen-bond donors (Lipinski definition) is 3. The summed E-state index contributed by atoms with van der Waals surface area (Å²) in [6.07, 6.45) is 0.339. The van der Waals surface area contributed by atoms with Gasteiger partial charge < -0.3 is 25.1 Å². The average Bonchev–Trinajstić information content (AvgIpc) is 3.04. The number of aliphatic hydroxyl groups is 2. The van der Waals surface area contributed by atoms with Crippen molar-refractivity contribution in [2.75, 3.05) is 0 Å². The molecule has 0 aliphatic heterocycles. The van der Waals surface area contributed by atoms with E-state index < -0.39 is 24.6 Å². The summed E-state index contributed by atoms with van der Waals surface area (Å²) in [6.45, 7) is 4.21. The molecule has 0 saturated carbocycles. The topological polar surface area (TPSA) is 96.4 Å². The Hall–Kier alpha value is -1.96. The van der Waals surface area contributed by atoms with E-state index in [9.17, 15) is 24.5 Å². The fraction of sp³-hybridized carbons (Fsp3) is 0.292. The van der Waals surface area contributed by atoms with Crippen LogP contribution in [0.15, 0.2) is 48.5 Å². The van der Waals surface area contributed by atoms with E-state index in [0.717, 1.165) is 33.3 Å². The Labute approximate surface area is 202 Å². The summed E-state index contributed by atoms with van der Waals surface area (Å²) < 4.78 is 13.5. The molecular weight excluding hydrogens is 408 g/mol. The van der Waals surface area contributed by atoms with Gasteiger partial charge in [-0.3, -0.25) is 0 Å². The van der Waals surface area contributed by atoms with Crippen molar-refractivity contribution >= 4 is 22.9 Å². The SMILES string of the molecule is CC(C)c1cccc2[nH]c(C=CC(O)CC(O)CC(=O)[O-])c(-c3ccc(F)cc3)c12.[Na+]. The summed E-state index contributed by atoms with van der Waals surface area (Å²) >= 11 is 0. The first kappa shape index (κ1) is 25.3. The van der Waals surface area contributed by atoms with Crippen molar-refractivity contribution in [3.05, 3.63) is 65.6 Å². The number of aromatic amines is 1. The van der Waals surface area contributed by atoms with Gasteiger partial charge in [0.1, 0.15) is 5.82 Å². The van der Waals surface area contributed by atoms with Crippen LogP contribution in [0.1, 0.15) is 43.9 Å². The largest absolute Gasteiger partial charge is 1.00 e. The molecule has 0 spiro atoms. The number of aliphatic carboxylic acids is 1. The maximum atomic E-state index is 13.5. The van der Waals surface area contributed by atoms with Crippen LogP contribution in [0, 0.1) is 5.82 Å². The maximum absolute atomic E-state index is 13.5. The molecule has 0 bridgehead atoms. The number of carbonyl (C=O) groups is 1. The molecule has 0 radical (unpaired) electrons. The van der Waals surface area contributed by atoms with E-state index in [4.69, 9.17) is 0 Å². The molecule has 0 saturated heterocycles. The van der Waals surface area contributed by atoms with E-state index in [1.807, 2.05) is 12.1 Å². The van der Waals surface area contributed by atoms with Gasteiger partial charge in [-0.2, -0.15) is 0 Å². The number of benzene rings is 2. The Bertz CT molecular complexity index is 1060. The Morgan fingerprint density at radius 2 is 1.84 bits per heavy atom. The van der Waals surface area contributed by atoms with E-state index >= 15 is 0 Å². The van der Waals surface area contributed by atoms with E-state index in [0.29, 0.717) is 0 Å². The third-order valence-electron chi connectivity index (χ3n) is 5.04. The fourth-order valence-electron chi connectivity index (χ4n) is 3.66. The minimum Gasteiger partial charge on any atom is -0.550 e. The number of H-pyrrole nitrogens is 1. The van der Waals surface area contributed by atoms with E-state index in [1.54, 1.807) is 18.2 Å². The molecule has 2 aromatic carbocycles. The zero-order valence-corrected chi connectivity index (χ0v) is 19.9. The van der Waals surface area contributed by atoms with Gasteiger partial charge in [0, 0.05) is 41.0 Å². The molecule has 0 amide bonds. The van der Waals surface area contributed by atoms with Gasteiger partial charge in [-0.25, -0.2) is 4.39 Å². The van der Waals surface area contributed by atoms with Crippen LogP contribution in [0.4, 0.5) is 4.39 Å². The number of carbonyl (C=O) groups excluding carboxylic acids is 1. The molecule has 1 heterocycles. The van der Waals surface area contributed by atoms with Gasteiger partial charge in [-0.05, 0) is 41.3 Å². The second-order valence-corrected chi connectivity index (χ2v) is 7.74. The van der Waals surface area contributed by atoms with Crippen LogP contribution in [0.5, 0.6) is 0 Å². The molecule has 1 aromatic heterocycles. The normalized spacial score (nSPS) is 13.5. The Morgan fingerprint density at radius 3 is 2.45 bits per heavy atom. The summed E-state index contributed by atoms with van der Waals surface area (Å²) in [5.41, 5.74) is 4.53. The summed E-state index contributed by atoms with van der Waals surface area (Å²) in [6, 6.07) is 12.2. The molecule has 3 N–H and O–H groups in total. The maximum Gasteiger partial charge on any atom is 1.00 e. The number of aromatic nitrogens is 1. The van der Waals surface area contributed by atoms with Gasteiger partial charge in [-0.15, -0.1) is 0 Å². The van der Waals surface area contributed by atoms with Crippen molar-refractivity contribution in [1.29, 1.82) is 0 Å². The molecule has 0 aliphatic carbocycles. The molecule has 0 aliphatic rings. The Balaban J connectivity index is 0.00000341. The number of hydrogen-bond acceptors (Lipinski definition) is 4. The second kappa shape index (κ2) is 11.1. The summed E-state index contributed by atoms with van der Waals surface area (Å²) in [5.74, 6) is -1.42. The van der Waals surface area contributed by atoms with E-state index in [-0.39, 0.29) is 47.7 Å².